The minimum absolute atomic E-state index is 0.216. The van der Waals surface area contributed by atoms with Crippen LogP contribution in [0.5, 0.6) is 5.75 Å². The van der Waals surface area contributed by atoms with Crippen molar-refractivity contribution in [1.82, 2.24) is 20.3 Å². The van der Waals surface area contributed by atoms with E-state index < -0.39 is 5.25 Å². The van der Waals surface area contributed by atoms with Crippen molar-refractivity contribution < 1.29 is 14.1 Å². The van der Waals surface area contributed by atoms with Crippen molar-refractivity contribution in [1.29, 1.82) is 0 Å². The number of aryl methyl sites for hydroxylation is 1. The topological polar surface area (TPSA) is 106 Å². The Morgan fingerprint density at radius 1 is 1.42 bits per heavy atom. The SMILES string of the molecule is Cc1cc(NC(=O)[C@H](C)Sc2n[nH]c(COc3ccc(Cl)cc3)n2)no1. The van der Waals surface area contributed by atoms with Gasteiger partial charge in [0.2, 0.25) is 11.1 Å². The Balaban J connectivity index is 1.50. The van der Waals surface area contributed by atoms with Crippen LogP contribution >= 0.6 is 23.4 Å². The molecule has 1 atom stereocenters. The van der Waals surface area contributed by atoms with Crippen LogP contribution in [0.4, 0.5) is 5.82 Å². The second-order valence-corrected chi connectivity index (χ2v) is 7.12. The first-order valence-electron chi connectivity index (χ1n) is 7.70. The number of rotatable bonds is 7. The Morgan fingerprint density at radius 2 is 2.19 bits per heavy atom. The Kier molecular flexibility index (Phi) is 5.79. The smallest absolute Gasteiger partial charge is 0.238 e. The van der Waals surface area contributed by atoms with Crippen LogP contribution in [-0.4, -0.2) is 31.5 Å². The first kappa shape index (κ1) is 18.3. The zero-order chi connectivity index (χ0) is 18.5. The van der Waals surface area contributed by atoms with Crippen LogP contribution in [0, 0.1) is 6.92 Å². The number of amides is 1. The van der Waals surface area contributed by atoms with Crippen molar-refractivity contribution in [2.24, 2.45) is 0 Å². The maximum Gasteiger partial charge on any atom is 0.238 e. The molecular formula is C16H16ClN5O3S. The van der Waals surface area contributed by atoms with Gasteiger partial charge in [-0.1, -0.05) is 28.5 Å². The zero-order valence-electron chi connectivity index (χ0n) is 14.0. The largest absolute Gasteiger partial charge is 0.486 e. The molecule has 1 amide bonds. The van der Waals surface area contributed by atoms with Gasteiger partial charge < -0.3 is 14.6 Å². The van der Waals surface area contributed by atoms with Gasteiger partial charge in [-0.15, -0.1) is 5.10 Å². The van der Waals surface area contributed by atoms with Gasteiger partial charge in [0.05, 0.1) is 5.25 Å². The highest BCUT2D eigenvalue weighted by atomic mass is 35.5. The number of aromatic amines is 1. The molecule has 136 valence electrons. The lowest BCUT2D eigenvalue weighted by Crippen LogP contribution is -2.22. The summed E-state index contributed by atoms with van der Waals surface area (Å²) in [6.07, 6.45) is 0. The molecule has 2 aromatic heterocycles. The average Bonchev–Trinajstić information content (AvgIpc) is 3.23. The molecule has 2 N–H and O–H groups in total. The number of carbonyl (C=O) groups excluding carboxylic acids is 1. The Labute approximate surface area is 158 Å². The summed E-state index contributed by atoms with van der Waals surface area (Å²) in [6, 6.07) is 8.68. The summed E-state index contributed by atoms with van der Waals surface area (Å²) in [4.78, 5) is 16.5. The lowest BCUT2D eigenvalue weighted by atomic mass is 10.3. The molecule has 0 bridgehead atoms. The summed E-state index contributed by atoms with van der Waals surface area (Å²) >= 11 is 7.06. The molecule has 0 saturated carbocycles. The van der Waals surface area contributed by atoms with Crippen LogP contribution in [0.1, 0.15) is 18.5 Å². The molecule has 0 aliphatic carbocycles. The molecule has 0 aliphatic rings. The van der Waals surface area contributed by atoms with E-state index in [9.17, 15) is 4.79 Å². The first-order valence-corrected chi connectivity index (χ1v) is 8.96. The van der Waals surface area contributed by atoms with Crippen LogP contribution in [-0.2, 0) is 11.4 Å². The fourth-order valence-corrected chi connectivity index (χ4v) is 2.81. The van der Waals surface area contributed by atoms with Gasteiger partial charge in [0.15, 0.2) is 11.6 Å². The van der Waals surface area contributed by atoms with Crippen molar-refractivity contribution in [3.8, 4) is 5.75 Å². The number of nitrogens with one attached hydrogen (secondary N) is 2. The van der Waals surface area contributed by atoms with Crippen molar-refractivity contribution in [3.05, 3.63) is 46.9 Å². The predicted molar refractivity (Wildman–Crippen MR) is 97.4 cm³/mol. The van der Waals surface area contributed by atoms with Gasteiger partial charge in [-0.05, 0) is 38.1 Å². The van der Waals surface area contributed by atoms with Crippen LogP contribution in [0.25, 0.3) is 0 Å². The summed E-state index contributed by atoms with van der Waals surface area (Å²) < 4.78 is 10.5. The highest BCUT2D eigenvalue weighted by Crippen LogP contribution is 2.21. The molecule has 0 unspecified atom stereocenters. The van der Waals surface area contributed by atoms with Gasteiger partial charge in [0.25, 0.3) is 0 Å². The third-order valence-corrected chi connectivity index (χ3v) is 4.44. The Bertz CT molecular complexity index is 880. The highest BCUT2D eigenvalue weighted by Gasteiger charge is 2.18. The van der Waals surface area contributed by atoms with Gasteiger partial charge in [0.1, 0.15) is 18.1 Å². The summed E-state index contributed by atoms with van der Waals surface area (Å²) in [6.45, 7) is 3.74. The number of carbonyl (C=O) groups is 1. The standard InChI is InChI=1S/C16H16ClN5O3S/c1-9-7-13(22-25-9)18-15(23)10(2)26-16-19-14(20-21-16)8-24-12-5-3-11(17)4-6-12/h3-7,10H,8H2,1-2H3,(H,18,22,23)(H,19,20,21)/t10-/m0/s1. The van der Waals surface area contributed by atoms with Gasteiger partial charge >= 0.3 is 0 Å². The zero-order valence-corrected chi connectivity index (χ0v) is 15.6. The van der Waals surface area contributed by atoms with Crippen LogP contribution in [0.2, 0.25) is 5.02 Å². The molecule has 8 nitrogen and oxygen atoms in total. The van der Waals surface area contributed by atoms with E-state index in [1.165, 1.54) is 11.8 Å². The molecule has 1 aromatic carbocycles. The van der Waals surface area contributed by atoms with Gasteiger partial charge in [-0.25, -0.2) is 4.98 Å². The molecule has 0 saturated heterocycles. The van der Waals surface area contributed by atoms with Crippen molar-refractivity contribution in [2.45, 2.75) is 30.9 Å². The van der Waals surface area contributed by atoms with Crippen LogP contribution in [0.3, 0.4) is 0 Å². The summed E-state index contributed by atoms with van der Waals surface area (Å²) in [5.74, 6) is 2.02. The number of ether oxygens (including phenoxy) is 1. The predicted octanol–water partition coefficient (Wildman–Crippen LogP) is 3.45. The van der Waals surface area contributed by atoms with Crippen molar-refractivity contribution in [3.63, 3.8) is 0 Å². The van der Waals surface area contributed by atoms with E-state index in [0.29, 0.717) is 33.3 Å². The summed E-state index contributed by atoms with van der Waals surface area (Å²) in [5, 5.41) is 14.0. The maximum absolute atomic E-state index is 12.2. The monoisotopic (exact) mass is 393 g/mol. The van der Waals surface area contributed by atoms with E-state index in [0.717, 1.165) is 0 Å². The minimum atomic E-state index is -0.409. The normalized spacial score (nSPS) is 12.0. The molecule has 2 heterocycles. The number of hydrogen-bond donors (Lipinski definition) is 2. The molecule has 26 heavy (non-hydrogen) atoms. The quantitative estimate of drug-likeness (QED) is 0.592. The van der Waals surface area contributed by atoms with E-state index in [-0.39, 0.29) is 12.5 Å². The number of thioether (sulfide) groups is 1. The van der Waals surface area contributed by atoms with Gasteiger partial charge in [0, 0.05) is 11.1 Å². The summed E-state index contributed by atoms with van der Waals surface area (Å²) in [5.41, 5.74) is 0. The Hall–Kier alpha value is -2.52. The van der Waals surface area contributed by atoms with Crippen molar-refractivity contribution >= 4 is 35.1 Å². The van der Waals surface area contributed by atoms with E-state index in [1.807, 2.05) is 0 Å². The van der Waals surface area contributed by atoms with Crippen molar-refractivity contribution in [2.75, 3.05) is 5.32 Å². The van der Waals surface area contributed by atoms with Crippen LogP contribution in [0.15, 0.2) is 40.0 Å². The molecule has 3 rings (SSSR count). The maximum atomic E-state index is 12.2. The minimum Gasteiger partial charge on any atom is -0.486 e. The lowest BCUT2D eigenvalue weighted by Gasteiger charge is -2.07. The number of benzene rings is 1. The third-order valence-electron chi connectivity index (χ3n) is 3.23. The van der Waals surface area contributed by atoms with Gasteiger partial charge in [-0.3, -0.25) is 9.89 Å². The molecule has 0 radical (unpaired) electrons. The van der Waals surface area contributed by atoms with Gasteiger partial charge in [-0.2, -0.15) is 0 Å². The second-order valence-electron chi connectivity index (χ2n) is 5.38. The van der Waals surface area contributed by atoms with E-state index >= 15 is 0 Å². The second kappa shape index (κ2) is 8.24. The molecule has 10 heteroatoms. The molecule has 0 aliphatic heterocycles. The van der Waals surface area contributed by atoms with Crippen LogP contribution < -0.4 is 10.1 Å². The molecular weight excluding hydrogens is 378 g/mol. The number of halogens is 1. The van der Waals surface area contributed by atoms with E-state index in [2.05, 4.69) is 25.7 Å². The highest BCUT2D eigenvalue weighted by molar-refractivity contribution is 8.00. The number of H-pyrrole nitrogens is 1. The summed E-state index contributed by atoms with van der Waals surface area (Å²) in [7, 11) is 0. The number of nitrogens with zero attached hydrogens (tertiary/aromatic N) is 3. The molecule has 0 spiro atoms. The lowest BCUT2D eigenvalue weighted by molar-refractivity contribution is -0.115. The van der Waals surface area contributed by atoms with E-state index in [1.54, 1.807) is 44.2 Å². The molecule has 0 fully saturated rings. The fourth-order valence-electron chi connectivity index (χ4n) is 1.94. The fraction of sp³-hybridized carbons (Fsp3) is 0.250. The third kappa shape index (κ3) is 4.99. The number of aromatic nitrogens is 4. The van der Waals surface area contributed by atoms with E-state index in [4.69, 9.17) is 20.9 Å². The number of hydrogen-bond acceptors (Lipinski definition) is 7. The average molecular weight is 394 g/mol. The number of anilines is 1. The first-order chi connectivity index (χ1) is 12.5. The Morgan fingerprint density at radius 3 is 2.88 bits per heavy atom. The molecule has 3 aromatic rings.